The van der Waals surface area contributed by atoms with Crippen molar-refractivity contribution in [3.63, 3.8) is 0 Å². The minimum absolute atomic E-state index is 0.0153. The summed E-state index contributed by atoms with van der Waals surface area (Å²) in [5.41, 5.74) is 1.52. The Morgan fingerprint density at radius 3 is 0.885 bits per heavy atom. The lowest BCUT2D eigenvalue weighted by Gasteiger charge is -2.41. The topological polar surface area (TPSA) is 498 Å². The van der Waals surface area contributed by atoms with Crippen LogP contribution in [0.2, 0.25) is 0 Å². The molecule has 2 aromatic rings. The number of carbonyl (C=O) groups excluding carboxylic acids is 8. The van der Waals surface area contributed by atoms with E-state index in [9.17, 15) is 38.4 Å². The zero-order valence-electron chi connectivity index (χ0n) is 82.8. The number of nitrogens with one attached hydrogen (secondary N) is 7. The van der Waals surface area contributed by atoms with Crippen LogP contribution in [0.15, 0.2) is 54.6 Å². The lowest BCUT2D eigenvalue weighted by Crippen LogP contribution is -2.63. The fourth-order valence-electron chi connectivity index (χ4n) is 15.6. The molecule has 6 aliphatic heterocycles. The Bertz CT molecular complexity index is 3520. The molecule has 139 heavy (non-hydrogen) atoms. The maximum Gasteiger partial charge on any atom is 0.308 e. The first-order valence-corrected chi connectivity index (χ1v) is 47.7. The van der Waals surface area contributed by atoms with E-state index in [4.69, 9.17) is 142 Å². The molecule has 0 radical (unpaired) electrons. The van der Waals surface area contributed by atoms with E-state index in [2.05, 4.69) is 37.2 Å². The van der Waals surface area contributed by atoms with Crippen molar-refractivity contribution >= 4 is 47.3 Å². The van der Waals surface area contributed by atoms with Crippen LogP contribution in [0.1, 0.15) is 100.0 Å². The van der Waals surface area contributed by atoms with E-state index >= 15 is 0 Å². The quantitative estimate of drug-likeness (QED) is 0.0359. The molecule has 6 aliphatic rings. The molecule has 0 spiro atoms. The van der Waals surface area contributed by atoms with E-state index < -0.39 is 127 Å². The van der Waals surface area contributed by atoms with Crippen molar-refractivity contribution in [1.29, 1.82) is 0 Å². The Morgan fingerprint density at radius 1 is 0.309 bits per heavy atom. The summed E-state index contributed by atoms with van der Waals surface area (Å²) in [6, 6.07) is 16.0. The molecule has 0 unspecified atom stereocenters. The zero-order valence-corrected chi connectivity index (χ0v) is 82.8. The van der Waals surface area contributed by atoms with E-state index in [-0.39, 0.29) is 279 Å². The lowest BCUT2D eigenvalue weighted by molar-refractivity contribution is -0.245. The molecule has 2 aromatic carbocycles. The predicted molar refractivity (Wildman–Crippen MR) is 490 cm³/mol. The third kappa shape index (κ3) is 45.5. The maximum absolute atomic E-state index is 14.0. The minimum atomic E-state index is -1.45. The van der Waals surface area contributed by atoms with E-state index in [0.29, 0.717) is 39.6 Å². The first kappa shape index (κ1) is 117. The highest BCUT2D eigenvalue weighted by Gasteiger charge is 2.59. The van der Waals surface area contributed by atoms with Gasteiger partial charge in [-0.15, -0.1) is 0 Å². The summed E-state index contributed by atoms with van der Waals surface area (Å²) >= 11 is 0. The number of fused-ring (bicyclic) bond motifs is 3. The molecular weight excluding hydrogens is 1840 g/mol. The summed E-state index contributed by atoms with van der Waals surface area (Å²) in [4.78, 5) is 102. The second-order valence-electron chi connectivity index (χ2n) is 34.7. The largest absolute Gasteiger partial charge is 0.461 e. The average Bonchev–Trinajstić information content (AvgIpc) is 1.63. The normalized spacial score (nSPS) is 23.8. The third-order valence-electron chi connectivity index (χ3n) is 21.9. The lowest BCUT2D eigenvalue weighted by atomic mass is 9.97. The molecule has 15 atom stereocenters. The third-order valence-corrected chi connectivity index (χ3v) is 21.9. The fraction of sp³-hybridized carbons (Fsp3) is 0.787. The van der Waals surface area contributed by atoms with Crippen molar-refractivity contribution in [2.45, 2.75) is 216 Å². The fourth-order valence-corrected chi connectivity index (χ4v) is 15.6. The summed E-state index contributed by atoms with van der Waals surface area (Å²) in [5, 5.41) is 20.0. The van der Waals surface area contributed by atoms with Crippen LogP contribution in [0.25, 0.3) is 11.1 Å². The van der Waals surface area contributed by atoms with Gasteiger partial charge >= 0.3 is 5.97 Å². The number of amides is 7. The molecule has 0 saturated carbocycles. The van der Waals surface area contributed by atoms with Gasteiger partial charge in [0.25, 0.3) is 0 Å². The SMILES string of the molecule is CO[C@@H]1O[C@H](COCCOCCOCCOCCNC(=O)CCOCC(COCCC(=O)NCCOCCOCCOCCOC[C@H]2O[C@@H](OC)[C@H](NC(C)=O)[C@H]3OC(C)(C)O[C@H]32)(COCCC(=O)NCCOCCOCCOCCOC[C@H]2O[C@@H](OC)[C@H](NC(C)=O)[C@H]3OC(C)(C)O[C@H]32)NC(=O)CCOCCOCCC(=O)OCc2ccc(-c3ccccc3)cc2)[C@@H]2OC(C)(C)O[C@@H]2[C@H]1NC(C)=O. The standard InChI is InChI=1S/C94H153N7O38/c1-65(102)98-79-85-82(134-91(4,5)137-85)71(131-88(79)110-10)59-124-55-52-121-49-46-118-43-40-115-35-27-95-74(105)22-31-127-62-94(101-77(108)25-30-113-38-39-114-34-26-78(109)130-58-68-18-20-70(21-19-68)69-16-14-13-15-17-69,63-128-32-23-75(106)96-28-36-116-41-44-119-47-50-122-53-56-125-60-72-83-86(138-92(6,7)135-83)80(99-66(2)103)89(111-11)132-72)64-129-33-24-76(107)97-29-37-117-42-45-120-48-51-123-54-57-126-61-73-84-87(139-93(8,9)136-84)81(100-67(3)104)90(112-12)133-73/h13-21,71-73,79-90H,22-64H2,1-12H3,(H,95,105)(H,96,106)(H,97,107)(H,98,102)(H,99,103)(H,100,104)(H,101,108)/t71-,72-,73-,79-,80-,81-,82+,83+,84+,85-,86-,87-,88-,89-,90-/m1/s1. The number of hydrogen-bond donors (Lipinski definition) is 7. The second kappa shape index (κ2) is 65.4. The summed E-state index contributed by atoms with van der Waals surface area (Å²) in [7, 11) is 4.48. The molecule has 8 rings (SSSR count). The predicted octanol–water partition coefficient (Wildman–Crippen LogP) is 1.02. The van der Waals surface area contributed by atoms with Crippen LogP contribution in [0.3, 0.4) is 0 Å². The van der Waals surface area contributed by atoms with E-state index in [0.717, 1.165) is 16.7 Å². The minimum Gasteiger partial charge on any atom is -0.461 e. The van der Waals surface area contributed by atoms with Gasteiger partial charge in [0.1, 0.15) is 85.2 Å². The first-order chi connectivity index (χ1) is 67.1. The smallest absolute Gasteiger partial charge is 0.308 e. The Balaban J connectivity index is 0.738. The van der Waals surface area contributed by atoms with E-state index in [1.165, 1.54) is 42.1 Å². The molecule has 7 amide bonds. The van der Waals surface area contributed by atoms with Gasteiger partial charge in [0.2, 0.25) is 41.4 Å². The first-order valence-electron chi connectivity index (χ1n) is 47.7. The maximum atomic E-state index is 14.0. The molecule has 792 valence electrons. The summed E-state index contributed by atoms with van der Waals surface area (Å²) in [6.45, 7) is 21.1. The van der Waals surface area contributed by atoms with Gasteiger partial charge in [-0.3, -0.25) is 38.4 Å². The van der Waals surface area contributed by atoms with Crippen molar-refractivity contribution in [1.82, 2.24) is 37.2 Å². The van der Waals surface area contributed by atoms with Crippen LogP contribution in [-0.2, 0) is 187 Å². The number of hydrogen-bond acceptors (Lipinski definition) is 38. The van der Waals surface area contributed by atoms with Gasteiger partial charge in [0, 0.05) is 87.4 Å². The Hall–Kier alpha value is -6.96. The Labute approximate surface area is 814 Å². The number of ether oxygens (including phenoxy) is 30. The molecule has 45 nitrogen and oxygen atoms in total. The van der Waals surface area contributed by atoms with Crippen LogP contribution >= 0.6 is 0 Å². The number of methoxy groups -OCH3 is 3. The molecule has 45 heteroatoms. The molecule has 7 N–H and O–H groups in total. The summed E-state index contributed by atoms with van der Waals surface area (Å²) < 4.78 is 176. The van der Waals surface area contributed by atoms with Crippen LogP contribution in [0, 0.1) is 0 Å². The van der Waals surface area contributed by atoms with E-state index in [1.807, 2.05) is 54.6 Å². The van der Waals surface area contributed by atoms with Crippen molar-refractivity contribution in [2.24, 2.45) is 0 Å². The number of rotatable bonds is 76. The highest BCUT2D eigenvalue weighted by Crippen LogP contribution is 2.41. The highest BCUT2D eigenvalue weighted by molar-refractivity contribution is 5.78. The summed E-state index contributed by atoms with van der Waals surface area (Å²) in [5.74, 6) is -5.40. The van der Waals surface area contributed by atoms with Gasteiger partial charge in [0.15, 0.2) is 36.2 Å². The van der Waals surface area contributed by atoms with Gasteiger partial charge in [-0.25, -0.2) is 0 Å². The molecule has 0 aromatic heterocycles. The molecule has 0 aliphatic carbocycles. The van der Waals surface area contributed by atoms with Crippen LogP contribution in [0.5, 0.6) is 0 Å². The van der Waals surface area contributed by atoms with Gasteiger partial charge in [-0.05, 0) is 58.2 Å². The zero-order chi connectivity index (χ0) is 99.9. The van der Waals surface area contributed by atoms with Crippen LogP contribution in [-0.4, -0.2) is 428 Å². The van der Waals surface area contributed by atoms with Crippen molar-refractivity contribution in [2.75, 3.05) is 266 Å². The van der Waals surface area contributed by atoms with Gasteiger partial charge in [-0.1, -0.05) is 54.6 Å². The average molecular weight is 1990 g/mol. The van der Waals surface area contributed by atoms with Crippen molar-refractivity contribution in [3.8, 4) is 11.1 Å². The second-order valence-corrected chi connectivity index (χ2v) is 34.7. The van der Waals surface area contributed by atoms with E-state index in [1.54, 1.807) is 41.5 Å². The van der Waals surface area contributed by atoms with Crippen molar-refractivity contribution in [3.05, 3.63) is 60.2 Å². The van der Waals surface area contributed by atoms with Crippen molar-refractivity contribution < 1.29 is 180 Å². The number of esters is 1. The molecule has 6 saturated heterocycles. The molecule has 6 fully saturated rings. The van der Waals surface area contributed by atoms with Gasteiger partial charge in [-0.2, -0.15) is 0 Å². The number of benzene rings is 2. The number of carbonyl (C=O) groups is 8. The van der Waals surface area contributed by atoms with Crippen LogP contribution < -0.4 is 37.2 Å². The molecule has 6 heterocycles. The van der Waals surface area contributed by atoms with Gasteiger partial charge in [0.05, 0.1) is 231 Å². The Kier molecular flexibility index (Phi) is 55.2. The summed E-state index contributed by atoms with van der Waals surface area (Å²) in [6.07, 6.45) is -7.32. The molecule has 0 bridgehead atoms. The van der Waals surface area contributed by atoms with Gasteiger partial charge < -0.3 is 179 Å². The monoisotopic (exact) mass is 1990 g/mol. The highest BCUT2D eigenvalue weighted by atomic mass is 16.8. The molecular formula is C94H153N7O38. The van der Waals surface area contributed by atoms with Crippen LogP contribution in [0.4, 0.5) is 0 Å². The Morgan fingerprint density at radius 2 is 0.576 bits per heavy atom.